The van der Waals surface area contributed by atoms with Gasteiger partial charge in [0.1, 0.15) is 12.2 Å². The van der Waals surface area contributed by atoms with Gasteiger partial charge in [-0.15, -0.1) is 0 Å². The van der Waals surface area contributed by atoms with E-state index in [1.165, 1.54) is 4.68 Å². The molecule has 9 nitrogen and oxygen atoms in total. The number of fused-ring (bicyclic) bond motifs is 1. The van der Waals surface area contributed by atoms with Crippen LogP contribution in [0.15, 0.2) is 24.5 Å². The van der Waals surface area contributed by atoms with Gasteiger partial charge in [0.25, 0.3) is 0 Å². The lowest BCUT2D eigenvalue weighted by atomic mass is 10.1. The number of hydrogen-bond donors (Lipinski definition) is 1. The highest BCUT2D eigenvalue weighted by molar-refractivity contribution is 5.68. The van der Waals surface area contributed by atoms with Crippen molar-refractivity contribution in [3.63, 3.8) is 0 Å². The summed E-state index contributed by atoms with van der Waals surface area (Å²) in [6.45, 7) is 0.964. The van der Waals surface area contributed by atoms with Gasteiger partial charge in [0, 0.05) is 31.0 Å². The Bertz CT molecular complexity index is 831. The van der Waals surface area contributed by atoms with E-state index in [1.54, 1.807) is 29.0 Å². The Morgan fingerprint density at radius 3 is 3.09 bits per heavy atom. The van der Waals surface area contributed by atoms with E-state index < -0.39 is 5.97 Å². The third-order valence-electron chi connectivity index (χ3n) is 3.73. The normalized spacial score (nSPS) is 17.8. The lowest BCUT2D eigenvalue weighted by molar-refractivity contribution is -0.137. The summed E-state index contributed by atoms with van der Waals surface area (Å²) < 4.78 is 8.35. The van der Waals surface area contributed by atoms with Crippen LogP contribution in [0.5, 0.6) is 0 Å². The third kappa shape index (κ3) is 2.55. The van der Waals surface area contributed by atoms with Crippen LogP contribution >= 0.6 is 0 Å². The fourth-order valence-electron chi connectivity index (χ4n) is 2.64. The molecule has 0 aliphatic carbocycles. The molecule has 9 heteroatoms. The highest BCUT2D eigenvalue weighted by Crippen LogP contribution is 2.25. The molecule has 3 aromatic rings. The number of aromatic nitrogens is 6. The molecule has 1 saturated heterocycles. The molecule has 118 valence electrons. The SMILES string of the molecule is O=C(O)Cn1nc(C2CCOC2)nc1-c1cc2ncccn2n1. The molecule has 4 heterocycles. The monoisotopic (exact) mass is 314 g/mol. The summed E-state index contributed by atoms with van der Waals surface area (Å²) >= 11 is 0. The van der Waals surface area contributed by atoms with Crippen molar-refractivity contribution in [1.29, 1.82) is 0 Å². The summed E-state index contributed by atoms with van der Waals surface area (Å²) in [7, 11) is 0. The van der Waals surface area contributed by atoms with Crippen molar-refractivity contribution in [3.8, 4) is 11.5 Å². The molecule has 23 heavy (non-hydrogen) atoms. The maximum atomic E-state index is 11.1. The van der Waals surface area contributed by atoms with Crippen LogP contribution in [0.4, 0.5) is 0 Å². The predicted octanol–water partition coefficient (Wildman–Crippen LogP) is 0.576. The topological polar surface area (TPSA) is 107 Å². The molecule has 1 aliphatic rings. The Kier molecular flexibility index (Phi) is 3.27. The highest BCUT2D eigenvalue weighted by atomic mass is 16.5. The van der Waals surface area contributed by atoms with Crippen molar-refractivity contribution in [2.75, 3.05) is 13.2 Å². The first-order valence-electron chi connectivity index (χ1n) is 7.26. The molecule has 1 fully saturated rings. The van der Waals surface area contributed by atoms with E-state index in [9.17, 15) is 4.79 Å². The van der Waals surface area contributed by atoms with Crippen molar-refractivity contribution in [1.82, 2.24) is 29.4 Å². The Hall–Kier alpha value is -2.81. The summed E-state index contributed by atoms with van der Waals surface area (Å²) in [6.07, 6.45) is 4.28. The average Bonchev–Trinajstić information content (AvgIpc) is 3.25. The van der Waals surface area contributed by atoms with E-state index in [0.29, 0.717) is 36.2 Å². The van der Waals surface area contributed by atoms with E-state index in [0.717, 1.165) is 6.42 Å². The van der Waals surface area contributed by atoms with Gasteiger partial charge in [-0.3, -0.25) is 4.79 Å². The molecule has 0 spiro atoms. The van der Waals surface area contributed by atoms with Gasteiger partial charge in [-0.2, -0.15) is 10.2 Å². The first-order chi connectivity index (χ1) is 11.2. The van der Waals surface area contributed by atoms with Gasteiger partial charge in [-0.25, -0.2) is 19.2 Å². The summed E-state index contributed by atoms with van der Waals surface area (Å²) in [5.74, 6) is 0.148. The maximum Gasteiger partial charge on any atom is 0.325 e. The van der Waals surface area contributed by atoms with Crippen LogP contribution in [0, 0.1) is 0 Å². The van der Waals surface area contributed by atoms with Gasteiger partial charge in [0.2, 0.25) is 0 Å². The zero-order chi connectivity index (χ0) is 15.8. The Morgan fingerprint density at radius 1 is 1.43 bits per heavy atom. The predicted molar refractivity (Wildman–Crippen MR) is 77.8 cm³/mol. The quantitative estimate of drug-likeness (QED) is 0.750. The number of aliphatic carboxylic acids is 1. The molecular formula is C14H14N6O3. The maximum absolute atomic E-state index is 11.1. The number of hydrogen-bond acceptors (Lipinski definition) is 6. The van der Waals surface area contributed by atoms with Crippen LogP contribution in [0.2, 0.25) is 0 Å². The van der Waals surface area contributed by atoms with E-state index in [-0.39, 0.29) is 12.5 Å². The first kappa shape index (κ1) is 13.8. The molecule has 0 amide bonds. The number of carboxylic acids is 1. The largest absolute Gasteiger partial charge is 0.480 e. The highest BCUT2D eigenvalue weighted by Gasteiger charge is 2.25. The van der Waals surface area contributed by atoms with Gasteiger partial charge in [0.05, 0.1) is 6.61 Å². The average molecular weight is 314 g/mol. The molecule has 0 saturated carbocycles. The lowest BCUT2D eigenvalue weighted by Crippen LogP contribution is -2.12. The molecule has 4 rings (SSSR count). The second kappa shape index (κ2) is 5.43. The first-order valence-corrected chi connectivity index (χ1v) is 7.26. The zero-order valence-electron chi connectivity index (χ0n) is 12.2. The summed E-state index contributed by atoms with van der Waals surface area (Å²) in [6, 6.07) is 3.53. The van der Waals surface area contributed by atoms with Crippen molar-refractivity contribution in [3.05, 3.63) is 30.4 Å². The van der Waals surface area contributed by atoms with Crippen LogP contribution < -0.4 is 0 Å². The van der Waals surface area contributed by atoms with Crippen LogP contribution in [0.1, 0.15) is 18.2 Å². The van der Waals surface area contributed by atoms with Crippen LogP contribution in [0.25, 0.3) is 17.2 Å². The van der Waals surface area contributed by atoms with Crippen molar-refractivity contribution >= 4 is 11.6 Å². The minimum Gasteiger partial charge on any atom is -0.480 e. The Morgan fingerprint density at radius 2 is 2.35 bits per heavy atom. The molecule has 1 unspecified atom stereocenters. The van der Waals surface area contributed by atoms with Crippen LogP contribution in [-0.2, 0) is 16.1 Å². The summed E-state index contributed by atoms with van der Waals surface area (Å²) in [5, 5.41) is 17.9. The van der Waals surface area contributed by atoms with Crippen molar-refractivity contribution in [2.45, 2.75) is 18.9 Å². The number of nitrogens with zero attached hydrogens (tertiary/aromatic N) is 6. The van der Waals surface area contributed by atoms with E-state index in [1.807, 2.05) is 0 Å². The van der Waals surface area contributed by atoms with Gasteiger partial charge in [-0.1, -0.05) is 0 Å². The van der Waals surface area contributed by atoms with Gasteiger partial charge >= 0.3 is 5.97 Å². The Balaban J connectivity index is 1.79. The molecule has 0 aromatic carbocycles. The third-order valence-corrected chi connectivity index (χ3v) is 3.73. The molecule has 3 aromatic heterocycles. The molecule has 1 atom stereocenters. The standard InChI is InChI=1S/C14H14N6O3/c21-12(22)7-20-14(16-13(18-20)9-2-5-23-8-9)10-6-11-15-3-1-4-19(11)17-10/h1,3-4,6,9H,2,5,7-8H2,(H,21,22). The minimum absolute atomic E-state index is 0.0963. The van der Waals surface area contributed by atoms with Crippen LogP contribution in [-0.4, -0.2) is 53.7 Å². The second-order valence-corrected chi connectivity index (χ2v) is 5.36. The summed E-state index contributed by atoms with van der Waals surface area (Å²) in [4.78, 5) is 19.8. The number of carbonyl (C=O) groups is 1. The summed E-state index contributed by atoms with van der Waals surface area (Å²) in [5.41, 5.74) is 1.21. The fourth-order valence-corrected chi connectivity index (χ4v) is 2.64. The van der Waals surface area contributed by atoms with Crippen molar-refractivity contribution < 1.29 is 14.6 Å². The molecule has 0 radical (unpaired) electrons. The van der Waals surface area contributed by atoms with Crippen LogP contribution in [0.3, 0.4) is 0 Å². The van der Waals surface area contributed by atoms with E-state index in [4.69, 9.17) is 9.84 Å². The second-order valence-electron chi connectivity index (χ2n) is 5.36. The molecule has 1 aliphatic heterocycles. The molecule has 0 bridgehead atoms. The van der Waals surface area contributed by atoms with Crippen molar-refractivity contribution in [2.24, 2.45) is 0 Å². The van der Waals surface area contributed by atoms with Gasteiger partial charge < -0.3 is 9.84 Å². The number of rotatable bonds is 4. The number of ether oxygens (including phenoxy) is 1. The minimum atomic E-state index is -0.979. The lowest BCUT2D eigenvalue weighted by Gasteiger charge is -2.00. The van der Waals surface area contributed by atoms with E-state index >= 15 is 0 Å². The molecule has 1 N–H and O–H groups in total. The zero-order valence-corrected chi connectivity index (χ0v) is 12.2. The smallest absolute Gasteiger partial charge is 0.325 e. The van der Waals surface area contributed by atoms with Gasteiger partial charge in [-0.05, 0) is 12.5 Å². The molecular weight excluding hydrogens is 300 g/mol. The fraction of sp³-hybridized carbons (Fsp3) is 0.357. The van der Waals surface area contributed by atoms with E-state index in [2.05, 4.69) is 20.2 Å². The number of carboxylic acid groups (broad SMARTS) is 1. The van der Waals surface area contributed by atoms with Gasteiger partial charge in [0.15, 0.2) is 17.3 Å². The Labute approximate surface area is 130 Å².